The third kappa shape index (κ3) is 4.09. The van der Waals surface area contributed by atoms with Gasteiger partial charge in [-0.1, -0.05) is 20.4 Å². The molecule has 2 aliphatic heterocycles. The Hall–Kier alpha value is -1.36. The highest BCUT2D eigenvalue weighted by Crippen LogP contribution is 2.22. The van der Waals surface area contributed by atoms with Gasteiger partial charge in [-0.05, 0) is 31.3 Å². The molecule has 1 atom stereocenters. The van der Waals surface area contributed by atoms with Gasteiger partial charge in [0.05, 0.1) is 6.10 Å². The van der Waals surface area contributed by atoms with Gasteiger partial charge in [-0.3, -0.25) is 9.59 Å². The van der Waals surface area contributed by atoms with Crippen LogP contribution in [0.15, 0.2) is 12.7 Å². The Labute approximate surface area is 133 Å². The fraction of sp³-hybridized carbons (Fsp3) is 0.765. The molecular formula is C17H28N2O3. The van der Waals surface area contributed by atoms with Crippen LogP contribution in [0.2, 0.25) is 0 Å². The van der Waals surface area contributed by atoms with E-state index in [1.54, 1.807) is 4.90 Å². The molecule has 22 heavy (non-hydrogen) atoms. The highest BCUT2D eigenvalue weighted by molar-refractivity contribution is 5.87. The van der Waals surface area contributed by atoms with E-state index in [-0.39, 0.29) is 23.8 Å². The summed E-state index contributed by atoms with van der Waals surface area (Å²) in [6.07, 6.45) is 3.89. The van der Waals surface area contributed by atoms with Crippen LogP contribution in [-0.2, 0) is 14.3 Å². The van der Waals surface area contributed by atoms with E-state index in [1.165, 1.54) is 6.08 Å². The highest BCUT2D eigenvalue weighted by atomic mass is 16.5. The summed E-state index contributed by atoms with van der Waals surface area (Å²) < 4.78 is 5.84. The number of ether oxygens (including phenoxy) is 1. The molecule has 2 heterocycles. The molecule has 0 spiro atoms. The van der Waals surface area contributed by atoms with Crippen molar-refractivity contribution in [3.05, 3.63) is 12.7 Å². The lowest BCUT2D eigenvalue weighted by Gasteiger charge is -2.34. The Morgan fingerprint density at radius 3 is 2.45 bits per heavy atom. The molecule has 2 fully saturated rings. The molecule has 0 aromatic heterocycles. The zero-order chi connectivity index (χ0) is 16.1. The standard InChI is InChI=1S/C17H28N2O3/c1-4-16(20)18-9-6-14(7-10-18)17(21)19-8-5-11-22-15(12-19)13(2)3/h4,13-15H,1,5-12H2,2-3H3. The third-order valence-electron chi connectivity index (χ3n) is 4.69. The average molecular weight is 308 g/mol. The monoisotopic (exact) mass is 308 g/mol. The van der Waals surface area contributed by atoms with Crippen molar-refractivity contribution in [3.8, 4) is 0 Å². The van der Waals surface area contributed by atoms with Crippen molar-refractivity contribution in [1.82, 2.24) is 9.80 Å². The third-order valence-corrected chi connectivity index (χ3v) is 4.69. The van der Waals surface area contributed by atoms with Gasteiger partial charge in [-0.15, -0.1) is 0 Å². The van der Waals surface area contributed by atoms with E-state index in [1.807, 2.05) is 4.90 Å². The van der Waals surface area contributed by atoms with E-state index >= 15 is 0 Å². The van der Waals surface area contributed by atoms with Crippen LogP contribution in [-0.4, -0.2) is 60.5 Å². The first-order valence-corrected chi connectivity index (χ1v) is 8.34. The summed E-state index contributed by atoms with van der Waals surface area (Å²) in [5.41, 5.74) is 0. The second kappa shape index (κ2) is 7.77. The molecule has 0 aromatic rings. The number of carbonyl (C=O) groups excluding carboxylic acids is 2. The fourth-order valence-electron chi connectivity index (χ4n) is 3.19. The molecule has 2 saturated heterocycles. The quantitative estimate of drug-likeness (QED) is 0.746. The molecule has 0 aliphatic carbocycles. The molecule has 5 heteroatoms. The Balaban J connectivity index is 1.91. The lowest BCUT2D eigenvalue weighted by atomic mass is 9.94. The van der Waals surface area contributed by atoms with Crippen molar-refractivity contribution in [2.24, 2.45) is 11.8 Å². The van der Waals surface area contributed by atoms with E-state index in [0.717, 1.165) is 32.4 Å². The summed E-state index contributed by atoms with van der Waals surface area (Å²) in [4.78, 5) is 28.1. The van der Waals surface area contributed by atoms with E-state index < -0.39 is 0 Å². The van der Waals surface area contributed by atoms with Gasteiger partial charge in [-0.25, -0.2) is 0 Å². The van der Waals surface area contributed by atoms with Crippen LogP contribution in [0.5, 0.6) is 0 Å². The van der Waals surface area contributed by atoms with Crippen LogP contribution in [0.4, 0.5) is 0 Å². The second-order valence-electron chi connectivity index (χ2n) is 6.59. The van der Waals surface area contributed by atoms with Gasteiger partial charge >= 0.3 is 0 Å². The minimum Gasteiger partial charge on any atom is -0.376 e. The van der Waals surface area contributed by atoms with Gasteiger partial charge in [-0.2, -0.15) is 0 Å². The minimum atomic E-state index is -0.0334. The van der Waals surface area contributed by atoms with Crippen LogP contribution in [0.1, 0.15) is 33.1 Å². The molecule has 5 nitrogen and oxygen atoms in total. The number of likely N-dealkylation sites (tertiary alicyclic amines) is 1. The van der Waals surface area contributed by atoms with Crippen molar-refractivity contribution in [1.29, 1.82) is 0 Å². The zero-order valence-corrected chi connectivity index (χ0v) is 13.8. The summed E-state index contributed by atoms with van der Waals surface area (Å²) in [7, 11) is 0. The van der Waals surface area contributed by atoms with Gasteiger partial charge in [0.25, 0.3) is 0 Å². The maximum Gasteiger partial charge on any atom is 0.245 e. The zero-order valence-electron chi connectivity index (χ0n) is 13.8. The lowest BCUT2D eigenvalue weighted by molar-refractivity contribution is -0.140. The molecule has 0 bridgehead atoms. The van der Waals surface area contributed by atoms with Crippen LogP contribution in [0.3, 0.4) is 0 Å². The summed E-state index contributed by atoms with van der Waals surface area (Å²) in [6.45, 7) is 11.3. The number of rotatable bonds is 3. The summed E-state index contributed by atoms with van der Waals surface area (Å²) in [6, 6.07) is 0. The molecule has 0 saturated carbocycles. The van der Waals surface area contributed by atoms with Gasteiger partial charge in [0.15, 0.2) is 0 Å². The largest absolute Gasteiger partial charge is 0.376 e. The SMILES string of the molecule is C=CC(=O)N1CCC(C(=O)N2CCCOC(C(C)C)C2)CC1. The second-order valence-corrected chi connectivity index (χ2v) is 6.59. The Morgan fingerprint density at radius 2 is 1.86 bits per heavy atom. The summed E-state index contributed by atoms with van der Waals surface area (Å²) in [5, 5.41) is 0. The normalized spacial score (nSPS) is 24.2. The van der Waals surface area contributed by atoms with Crippen LogP contribution >= 0.6 is 0 Å². The van der Waals surface area contributed by atoms with E-state index in [4.69, 9.17) is 4.74 Å². The summed E-state index contributed by atoms with van der Waals surface area (Å²) in [5.74, 6) is 0.663. The first-order chi connectivity index (χ1) is 10.5. The van der Waals surface area contributed by atoms with Gasteiger partial charge in [0.1, 0.15) is 0 Å². The Kier molecular flexibility index (Phi) is 6.00. The van der Waals surface area contributed by atoms with E-state index in [9.17, 15) is 9.59 Å². The predicted molar refractivity (Wildman–Crippen MR) is 85.3 cm³/mol. The van der Waals surface area contributed by atoms with Crippen molar-refractivity contribution in [3.63, 3.8) is 0 Å². The topological polar surface area (TPSA) is 49.9 Å². The number of piperidine rings is 1. The molecule has 0 radical (unpaired) electrons. The van der Waals surface area contributed by atoms with Crippen molar-refractivity contribution < 1.29 is 14.3 Å². The van der Waals surface area contributed by atoms with Crippen molar-refractivity contribution in [2.75, 3.05) is 32.8 Å². The first kappa shape index (κ1) is 17.0. The predicted octanol–water partition coefficient (Wildman–Crippen LogP) is 1.68. The molecule has 0 aromatic carbocycles. The number of carbonyl (C=O) groups is 2. The molecule has 124 valence electrons. The molecule has 2 rings (SSSR count). The van der Waals surface area contributed by atoms with Crippen LogP contribution in [0, 0.1) is 11.8 Å². The molecule has 1 unspecified atom stereocenters. The minimum absolute atomic E-state index is 0.0334. The van der Waals surface area contributed by atoms with Crippen molar-refractivity contribution >= 4 is 11.8 Å². The Morgan fingerprint density at radius 1 is 1.18 bits per heavy atom. The molecule has 2 aliphatic rings. The summed E-state index contributed by atoms with van der Waals surface area (Å²) >= 11 is 0. The number of hydrogen-bond acceptors (Lipinski definition) is 3. The van der Waals surface area contributed by atoms with Crippen molar-refractivity contribution in [2.45, 2.75) is 39.2 Å². The fourth-order valence-corrected chi connectivity index (χ4v) is 3.19. The van der Waals surface area contributed by atoms with Gasteiger partial charge in [0.2, 0.25) is 11.8 Å². The average Bonchev–Trinajstić information content (AvgIpc) is 2.80. The smallest absolute Gasteiger partial charge is 0.245 e. The van der Waals surface area contributed by atoms with Gasteiger partial charge in [0, 0.05) is 38.7 Å². The molecule has 2 amide bonds. The number of amides is 2. The Bertz CT molecular complexity index is 414. The van der Waals surface area contributed by atoms with Crippen LogP contribution < -0.4 is 0 Å². The highest BCUT2D eigenvalue weighted by Gasteiger charge is 2.32. The van der Waals surface area contributed by atoms with Gasteiger partial charge < -0.3 is 14.5 Å². The van der Waals surface area contributed by atoms with Crippen LogP contribution in [0.25, 0.3) is 0 Å². The molecular weight excluding hydrogens is 280 g/mol. The maximum absolute atomic E-state index is 12.8. The molecule has 0 N–H and O–H groups in total. The number of hydrogen-bond donors (Lipinski definition) is 0. The van der Waals surface area contributed by atoms with E-state index in [2.05, 4.69) is 20.4 Å². The number of nitrogens with zero attached hydrogens (tertiary/aromatic N) is 2. The first-order valence-electron chi connectivity index (χ1n) is 8.34. The lowest BCUT2D eigenvalue weighted by Crippen LogP contribution is -2.46. The maximum atomic E-state index is 12.8. The van der Waals surface area contributed by atoms with E-state index in [0.29, 0.717) is 25.6 Å².